The largest absolute Gasteiger partial charge is 0.372 e. The highest BCUT2D eigenvalue weighted by Gasteiger charge is 2.56. The van der Waals surface area contributed by atoms with Gasteiger partial charge in [-0.05, 0) is 56.2 Å². The average molecular weight is 351 g/mol. The first-order chi connectivity index (χ1) is 12.6. The van der Waals surface area contributed by atoms with Crippen LogP contribution in [0.25, 0.3) is 0 Å². The summed E-state index contributed by atoms with van der Waals surface area (Å²) in [6.45, 7) is 6.18. The first-order valence-corrected chi connectivity index (χ1v) is 9.59. The van der Waals surface area contributed by atoms with Crippen LogP contribution >= 0.6 is 0 Å². The molecule has 0 unspecified atom stereocenters. The quantitative estimate of drug-likeness (QED) is 0.465. The Bertz CT molecular complexity index is 732. The molecule has 5 nitrogen and oxygen atoms in total. The molecule has 136 valence electrons. The number of imide groups is 1. The van der Waals surface area contributed by atoms with E-state index in [0.717, 1.165) is 42.2 Å². The minimum absolute atomic E-state index is 0.130. The number of hydrogen-bond donors (Lipinski definition) is 0. The molecule has 0 spiro atoms. The van der Waals surface area contributed by atoms with Crippen molar-refractivity contribution >= 4 is 23.7 Å². The molecule has 2 fully saturated rings. The Morgan fingerprint density at radius 2 is 1.54 bits per heavy atom. The van der Waals surface area contributed by atoms with Crippen LogP contribution in [-0.4, -0.2) is 36.1 Å². The summed E-state index contributed by atoms with van der Waals surface area (Å²) in [5.41, 5.74) is 2.05. The summed E-state index contributed by atoms with van der Waals surface area (Å²) >= 11 is 0. The van der Waals surface area contributed by atoms with Crippen molar-refractivity contribution in [2.24, 2.45) is 28.8 Å². The van der Waals surface area contributed by atoms with Crippen LogP contribution in [-0.2, 0) is 9.59 Å². The standard InChI is InChI=1S/C21H25N3O2/c1-3-23(4-2)17-11-5-14(6-12-17)13-22-24-20(25)18-15-7-8-16(10-9-15)19(18)21(24)26/h5-8,11-13,15-16,18-19H,3-4,9-10H2,1-2H3/b22-13-/t15-,16-,18-,19+/m1/s1. The molecule has 4 atom stereocenters. The molecule has 1 aromatic rings. The molecule has 0 radical (unpaired) electrons. The van der Waals surface area contributed by atoms with E-state index < -0.39 is 0 Å². The molecule has 2 bridgehead atoms. The van der Waals surface area contributed by atoms with E-state index in [1.165, 1.54) is 0 Å². The van der Waals surface area contributed by atoms with Gasteiger partial charge in [0.25, 0.3) is 11.8 Å². The number of allylic oxidation sites excluding steroid dienone is 2. The van der Waals surface area contributed by atoms with Gasteiger partial charge < -0.3 is 4.90 Å². The monoisotopic (exact) mass is 351 g/mol. The third kappa shape index (κ3) is 2.66. The Kier molecular flexibility index (Phi) is 4.39. The number of anilines is 1. The molecular weight excluding hydrogens is 326 g/mol. The summed E-state index contributed by atoms with van der Waals surface area (Å²) in [6, 6.07) is 8.04. The van der Waals surface area contributed by atoms with Crippen molar-refractivity contribution in [3.05, 3.63) is 42.0 Å². The summed E-state index contributed by atoms with van der Waals surface area (Å²) in [7, 11) is 0. The van der Waals surface area contributed by atoms with Gasteiger partial charge in [-0.25, -0.2) is 0 Å². The summed E-state index contributed by atoms with van der Waals surface area (Å²) in [6.07, 6.45) is 7.88. The summed E-state index contributed by atoms with van der Waals surface area (Å²) in [4.78, 5) is 27.7. The maximum atomic E-state index is 12.7. The number of rotatable bonds is 5. The molecule has 0 N–H and O–H groups in total. The normalized spacial score (nSPS) is 29.7. The van der Waals surface area contributed by atoms with Gasteiger partial charge in [0.2, 0.25) is 0 Å². The van der Waals surface area contributed by atoms with Crippen molar-refractivity contribution in [1.82, 2.24) is 5.01 Å². The van der Waals surface area contributed by atoms with Crippen LogP contribution in [0, 0.1) is 23.7 Å². The molecule has 1 aliphatic heterocycles. The SMILES string of the molecule is CCN(CC)c1ccc(/C=N\N2C(=O)[C@@H]3[C@H](C2=O)[C@@H]2C=C[C@@H]3CC2)cc1. The summed E-state index contributed by atoms with van der Waals surface area (Å²) < 4.78 is 0. The van der Waals surface area contributed by atoms with E-state index in [1.807, 2.05) is 24.3 Å². The van der Waals surface area contributed by atoms with Gasteiger partial charge in [0.1, 0.15) is 0 Å². The number of fused-ring (bicyclic) bond motifs is 1. The fraction of sp³-hybridized carbons (Fsp3) is 0.476. The molecule has 26 heavy (non-hydrogen) atoms. The van der Waals surface area contributed by atoms with Gasteiger partial charge in [-0.1, -0.05) is 24.3 Å². The van der Waals surface area contributed by atoms with Crippen molar-refractivity contribution in [3.63, 3.8) is 0 Å². The average Bonchev–Trinajstić information content (AvgIpc) is 2.96. The van der Waals surface area contributed by atoms with Gasteiger partial charge in [0, 0.05) is 18.8 Å². The topological polar surface area (TPSA) is 53.0 Å². The Morgan fingerprint density at radius 1 is 1.00 bits per heavy atom. The van der Waals surface area contributed by atoms with Crippen LogP contribution in [0.5, 0.6) is 0 Å². The highest BCUT2D eigenvalue weighted by atomic mass is 16.2. The van der Waals surface area contributed by atoms with E-state index in [-0.39, 0.29) is 35.5 Å². The Hall–Kier alpha value is -2.43. The van der Waals surface area contributed by atoms with Crippen molar-refractivity contribution in [2.45, 2.75) is 26.7 Å². The zero-order valence-electron chi connectivity index (χ0n) is 15.3. The Balaban J connectivity index is 1.51. The van der Waals surface area contributed by atoms with E-state index in [4.69, 9.17) is 0 Å². The molecule has 1 heterocycles. The van der Waals surface area contributed by atoms with E-state index >= 15 is 0 Å². The molecular formula is C21H25N3O2. The molecule has 2 amide bonds. The van der Waals surface area contributed by atoms with Gasteiger partial charge in [0.15, 0.2) is 0 Å². The predicted octanol–water partition coefficient (Wildman–Crippen LogP) is 3.06. The van der Waals surface area contributed by atoms with Crippen LogP contribution < -0.4 is 4.90 Å². The van der Waals surface area contributed by atoms with E-state index in [0.29, 0.717) is 0 Å². The van der Waals surface area contributed by atoms with Crippen LogP contribution in [0.2, 0.25) is 0 Å². The van der Waals surface area contributed by atoms with Gasteiger partial charge >= 0.3 is 0 Å². The van der Waals surface area contributed by atoms with Crippen LogP contribution in [0.1, 0.15) is 32.3 Å². The third-order valence-corrected chi connectivity index (χ3v) is 6.08. The molecule has 3 aliphatic carbocycles. The zero-order chi connectivity index (χ0) is 18.3. The second-order valence-electron chi connectivity index (χ2n) is 7.34. The molecule has 5 rings (SSSR count). The predicted molar refractivity (Wildman–Crippen MR) is 102 cm³/mol. The molecule has 0 aromatic heterocycles. The van der Waals surface area contributed by atoms with E-state index in [9.17, 15) is 9.59 Å². The minimum Gasteiger partial charge on any atom is -0.372 e. The number of hydrazone groups is 1. The van der Waals surface area contributed by atoms with Gasteiger partial charge in [0.05, 0.1) is 18.1 Å². The van der Waals surface area contributed by atoms with Gasteiger partial charge in [-0.2, -0.15) is 10.1 Å². The first-order valence-electron chi connectivity index (χ1n) is 9.59. The van der Waals surface area contributed by atoms with Gasteiger partial charge in [-0.15, -0.1) is 0 Å². The lowest BCUT2D eigenvalue weighted by Gasteiger charge is -2.37. The van der Waals surface area contributed by atoms with Crippen molar-refractivity contribution in [2.75, 3.05) is 18.0 Å². The fourth-order valence-electron chi connectivity index (χ4n) is 4.66. The Labute approximate surface area is 154 Å². The summed E-state index contributed by atoms with van der Waals surface area (Å²) in [5.74, 6) is -0.253. The van der Waals surface area contributed by atoms with Crippen molar-refractivity contribution in [1.29, 1.82) is 0 Å². The van der Waals surface area contributed by atoms with E-state index in [2.05, 4.69) is 36.0 Å². The maximum Gasteiger partial charge on any atom is 0.254 e. The minimum atomic E-state index is -0.201. The highest BCUT2D eigenvalue weighted by Crippen LogP contribution is 2.49. The Morgan fingerprint density at radius 3 is 2.00 bits per heavy atom. The van der Waals surface area contributed by atoms with Crippen molar-refractivity contribution in [3.8, 4) is 0 Å². The van der Waals surface area contributed by atoms with E-state index in [1.54, 1.807) is 6.21 Å². The van der Waals surface area contributed by atoms with Crippen LogP contribution in [0.4, 0.5) is 5.69 Å². The third-order valence-electron chi connectivity index (χ3n) is 6.08. The number of benzene rings is 1. The number of amides is 2. The number of nitrogens with zero attached hydrogens (tertiary/aromatic N) is 3. The molecule has 4 aliphatic rings. The highest BCUT2D eigenvalue weighted by molar-refractivity contribution is 6.06. The van der Waals surface area contributed by atoms with Crippen LogP contribution in [0.3, 0.4) is 0 Å². The number of carbonyl (C=O) groups excluding carboxylic acids is 2. The molecule has 1 saturated carbocycles. The lowest BCUT2D eigenvalue weighted by atomic mass is 9.63. The second kappa shape index (κ2) is 6.71. The number of hydrogen-bond acceptors (Lipinski definition) is 4. The molecule has 5 heteroatoms. The lowest BCUT2D eigenvalue weighted by Crippen LogP contribution is -2.38. The molecule has 1 aromatic carbocycles. The van der Waals surface area contributed by atoms with Crippen molar-refractivity contribution < 1.29 is 9.59 Å². The first kappa shape index (κ1) is 17.0. The smallest absolute Gasteiger partial charge is 0.254 e. The lowest BCUT2D eigenvalue weighted by molar-refractivity contribution is -0.140. The summed E-state index contributed by atoms with van der Waals surface area (Å²) in [5, 5.41) is 5.38. The van der Waals surface area contributed by atoms with Gasteiger partial charge in [-0.3, -0.25) is 9.59 Å². The van der Waals surface area contributed by atoms with Crippen LogP contribution in [0.15, 0.2) is 41.5 Å². The number of carbonyl (C=O) groups is 2. The second-order valence-corrected chi connectivity index (χ2v) is 7.34. The fourth-order valence-corrected chi connectivity index (χ4v) is 4.66. The zero-order valence-corrected chi connectivity index (χ0v) is 15.3. The molecule has 1 saturated heterocycles. The maximum absolute atomic E-state index is 12.7.